The van der Waals surface area contributed by atoms with Gasteiger partial charge >= 0.3 is 0 Å². The number of rotatable bonds is 2. The van der Waals surface area contributed by atoms with Crippen LogP contribution in [-0.4, -0.2) is 32.1 Å². The SMILES string of the molecule is C=C[C@@]1(F)CC[C@@]2(n3ccc4c(N)ncnc43)OC(C)(C)O[C@H]12. The molecular weight excluding hydrogens is 299 g/mol. The van der Waals surface area contributed by atoms with E-state index in [9.17, 15) is 0 Å². The number of hydrogen-bond donors (Lipinski definition) is 1. The second-order valence-corrected chi connectivity index (χ2v) is 6.66. The highest BCUT2D eigenvalue weighted by molar-refractivity contribution is 5.86. The van der Waals surface area contributed by atoms with Crippen molar-refractivity contribution in [2.75, 3.05) is 5.73 Å². The minimum absolute atomic E-state index is 0.275. The van der Waals surface area contributed by atoms with Crippen molar-refractivity contribution in [3.8, 4) is 0 Å². The van der Waals surface area contributed by atoms with Gasteiger partial charge in [0.25, 0.3) is 0 Å². The van der Waals surface area contributed by atoms with Crippen LogP contribution >= 0.6 is 0 Å². The summed E-state index contributed by atoms with van der Waals surface area (Å²) in [5, 5.41) is 0.712. The summed E-state index contributed by atoms with van der Waals surface area (Å²) >= 11 is 0. The number of hydrogen-bond acceptors (Lipinski definition) is 5. The van der Waals surface area contributed by atoms with Crippen molar-refractivity contribution in [1.82, 2.24) is 14.5 Å². The molecule has 4 rings (SSSR count). The van der Waals surface area contributed by atoms with Crippen molar-refractivity contribution in [3.63, 3.8) is 0 Å². The molecule has 0 unspecified atom stereocenters. The lowest BCUT2D eigenvalue weighted by Gasteiger charge is -2.31. The number of nitrogen functional groups attached to an aromatic ring is 1. The Labute approximate surface area is 133 Å². The summed E-state index contributed by atoms with van der Waals surface area (Å²) in [5.41, 5.74) is 3.89. The molecule has 1 aliphatic heterocycles. The van der Waals surface area contributed by atoms with Crippen molar-refractivity contribution in [1.29, 1.82) is 0 Å². The first-order valence-electron chi connectivity index (χ1n) is 7.60. The van der Waals surface area contributed by atoms with E-state index in [0.717, 1.165) is 0 Å². The van der Waals surface area contributed by atoms with Crippen LogP contribution < -0.4 is 5.73 Å². The van der Waals surface area contributed by atoms with Crippen LogP contribution in [0.4, 0.5) is 10.2 Å². The average Bonchev–Trinajstić information content (AvgIpc) is 3.12. The van der Waals surface area contributed by atoms with E-state index in [0.29, 0.717) is 23.3 Å². The maximum atomic E-state index is 15.3. The van der Waals surface area contributed by atoms with Crippen LogP contribution in [0.3, 0.4) is 0 Å². The molecule has 3 heterocycles. The predicted octanol–water partition coefficient (Wildman–Crippen LogP) is 2.51. The molecule has 0 aromatic carbocycles. The van der Waals surface area contributed by atoms with Gasteiger partial charge < -0.3 is 19.8 Å². The highest BCUT2D eigenvalue weighted by atomic mass is 19.1. The summed E-state index contributed by atoms with van der Waals surface area (Å²) in [4.78, 5) is 8.31. The van der Waals surface area contributed by atoms with Crippen LogP contribution in [0.1, 0.15) is 26.7 Å². The monoisotopic (exact) mass is 318 g/mol. The van der Waals surface area contributed by atoms with E-state index in [1.165, 1.54) is 12.4 Å². The molecule has 2 aromatic rings. The summed E-state index contributed by atoms with van der Waals surface area (Å²) < 4.78 is 29.2. The summed E-state index contributed by atoms with van der Waals surface area (Å²) in [7, 11) is 0. The molecule has 0 radical (unpaired) electrons. The zero-order valence-corrected chi connectivity index (χ0v) is 13.1. The molecule has 1 saturated carbocycles. The van der Waals surface area contributed by atoms with E-state index in [-0.39, 0.29) is 6.42 Å². The standard InChI is InChI=1S/C16H19FN4O2/c1-4-15(17)6-7-16(13(15)22-14(2,3)23-16)21-8-5-10-11(18)19-9-20-12(10)21/h4-5,8-9,13H,1,6-7H2,2-3H3,(H2,18,19,20)/t13-,15-,16-/m1/s1. The van der Waals surface area contributed by atoms with Crippen molar-refractivity contribution >= 4 is 16.9 Å². The summed E-state index contributed by atoms with van der Waals surface area (Å²) in [5.74, 6) is -0.520. The number of nitrogens with two attached hydrogens (primary N) is 1. The van der Waals surface area contributed by atoms with Gasteiger partial charge in [-0.05, 0) is 26.3 Å². The average molecular weight is 318 g/mol. The molecule has 0 amide bonds. The fourth-order valence-corrected chi connectivity index (χ4v) is 3.82. The molecule has 0 bridgehead atoms. The minimum atomic E-state index is -1.65. The van der Waals surface area contributed by atoms with Gasteiger partial charge in [0.2, 0.25) is 0 Å². The molecule has 6 nitrogen and oxygen atoms in total. The molecule has 0 spiro atoms. The molecular formula is C16H19FN4O2. The lowest BCUT2D eigenvalue weighted by molar-refractivity contribution is -0.189. The van der Waals surface area contributed by atoms with Crippen molar-refractivity contribution in [2.45, 2.75) is 50.0 Å². The second kappa shape index (κ2) is 4.30. The van der Waals surface area contributed by atoms with Crippen molar-refractivity contribution in [2.24, 2.45) is 0 Å². The predicted molar refractivity (Wildman–Crippen MR) is 83.2 cm³/mol. The molecule has 1 saturated heterocycles. The Morgan fingerprint density at radius 3 is 2.96 bits per heavy atom. The molecule has 1 aliphatic carbocycles. The second-order valence-electron chi connectivity index (χ2n) is 6.66. The zero-order valence-electron chi connectivity index (χ0n) is 13.1. The Kier molecular flexibility index (Phi) is 2.73. The smallest absolute Gasteiger partial charge is 0.179 e. The highest BCUT2D eigenvalue weighted by Crippen LogP contribution is 2.56. The zero-order chi connectivity index (χ0) is 16.5. The number of alkyl halides is 1. The van der Waals surface area contributed by atoms with Gasteiger partial charge in [-0.15, -0.1) is 0 Å². The fourth-order valence-electron chi connectivity index (χ4n) is 3.82. The molecule has 2 aliphatic rings. The van der Waals surface area contributed by atoms with Gasteiger partial charge in [-0.1, -0.05) is 12.7 Å². The van der Waals surface area contributed by atoms with Gasteiger partial charge in [-0.2, -0.15) is 0 Å². The van der Waals surface area contributed by atoms with Crippen LogP contribution in [0.15, 0.2) is 31.2 Å². The van der Waals surface area contributed by atoms with Gasteiger partial charge in [0.05, 0.1) is 5.39 Å². The first-order chi connectivity index (χ1) is 10.8. The summed E-state index contributed by atoms with van der Waals surface area (Å²) in [6.07, 6.45) is 4.46. The number of nitrogens with zero attached hydrogens (tertiary/aromatic N) is 3. The highest BCUT2D eigenvalue weighted by Gasteiger charge is 2.67. The number of fused-ring (bicyclic) bond motifs is 2. The van der Waals surface area contributed by atoms with Gasteiger partial charge in [-0.3, -0.25) is 0 Å². The molecule has 2 fully saturated rings. The van der Waals surface area contributed by atoms with Crippen LogP contribution in [-0.2, 0) is 15.2 Å². The van der Waals surface area contributed by atoms with E-state index in [2.05, 4.69) is 16.5 Å². The quantitative estimate of drug-likeness (QED) is 0.861. The van der Waals surface area contributed by atoms with Crippen LogP contribution in [0, 0.1) is 0 Å². The third-order valence-electron chi connectivity index (χ3n) is 4.80. The van der Waals surface area contributed by atoms with Gasteiger partial charge in [0, 0.05) is 12.6 Å². The Balaban J connectivity index is 1.94. The molecule has 122 valence electrons. The lowest BCUT2D eigenvalue weighted by Crippen LogP contribution is -2.45. The van der Waals surface area contributed by atoms with Gasteiger partial charge in [0.15, 0.2) is 17.2 Å². The topological polar surface area (TPSA) is 75.2 Å². The Morgan fingerprint density at radius 2 is 2.22 bits per heavy atom. The van der Waals surface area contributed by atoms with Gasteiger partial charge in [0.1, 0.15) is 23.9 Å². The summed E-state index contributed by atoms with van der Waals surface area (Å²) in [6, 6.07) is 1.82. The molecule has 2 aromatic heterocycles. The third-order valence-corrected chi connectivity index (χ3v) is 4.80. The molecule has 7 heteroatoms. The summed E-state index contributed by atoms with van der Waals surface area (Å²) in [6.45, 7) is 7.21. The number of anilines is 1. The first-order valence-corrected chi connectivity index (χ1v) is 7.60. The molecule has 2 N–H and O–H groups in total. The van der Waals surface area contributed by atoms with E-state index in [1.807, 2.05) is 16.8 Å². The number of halogens is 1. The minimum Gasteiger partial charge on any atom is -0.383 e. The van der Waals surface area contributed by atoms with Crippen LogP contribution in [0.2, 0.25) is 0 Å². The van der Waals surface area contributed by atoms with Crippen LogP contribution in [0.5, 0.6) is 0 Å². The molecule has 23 heavy (non-hydrogen) atoms. The van der Waals surface area contributed by atoms with Gasteiger partial charge in [-0.25, -0.2) is 14.4 Å². The lowest BCUT2D eigenvalue weighted by atomic mass is 10.00. The maximum Gasteiger partial charge on any atom is 0.179 e. The number of aromatic nitrogens is 3. The Morgan fingerprint density at radius 1 is 1.43 bits per heavy atom. The normalized spacial score (nSPS) is 35.5. The first kappa shape index (κ1) is 14.6. The third kappa shape index (κ3) is 1.80. The fraction of sp³-hybridized carbons (Fsp3) is 0.500. The largest absolute Gasteiger partial charge is 0.383 e. The van der Waals surface area contributed by atoms with E-state index in [1.54, 1.807) is 13.8 Å². The Hall–Kier alpha value is -1.99. The van der Waals surface area contributed by atoms with E-state index < -0.39 is 23.3 Å². The van der Waals surface area contributed by atoms with E-state index >= 15 is 4.39 Å². The molecule has 3 atom stereocenters. The van der Waals surface area contributed by atoms with E-state index in [4.69, 9.17) is 15.2 Å². The van der Waals surface area contributed by atoms with Crippen molar-refractivity contribution < 1.29 is 13.9 Å². The Bertz CT molecular complexity index is 804. The number of ether oxygens (including phenoxy) is 2. The van der Waals surface area contributed by atoms with Crippen molar-refractivity contribution in [3.05, 3.63) is 31.2 Å². The van der Waals surface area contributed by atoms with Crippen LogP contribution in [0.25, 0.3) is 11.0 Å². The maximum absolute atomic E-state index is 15.3.